The number of halogens is 1. The molecule has 1 aromatic rings. The molecule has 0 bridgehead atoms. The summed E-state index contributed by atoms with van der Waals surface area (Å²) in [5, 5.41) is 0.509. The van der Waals surface area contributed by atoms with Gasteiger partial charge in [-0.1, -0.05) is 11.6 Å². The number of benzene rings is 1. The van der Waals surface area contributed by atoms with E-state index in [4.69, 9.17) is 17.3 Å². The molecule has 0 heterocycles. The zero-order valence-corrected chi connectivity index (χ0v) is 10.6. The SMILES string of the molecule is CC(N)CCNS(=O)(=O)c1ccc(Cl)cc1. The van der Waals surface area contributed by atoms with Crippen molar-refractivity contribution < 1.29 is 8.42 Å². The molecule has 0 spiro atoms. The zero-order chi connectivity index (χ0) is 12.2. The second-order valence-electron chi connectivity index (χ2n) is 3.62. The minimum atomic E-state index is -3.44. The molecule has 0 saturated carbocycles. The lowest BCUT2D eigenvalue weighted by molar-refractivity contribution is 0.572. The van der Waals surface area contributed by atoms with Crippen molar-refractivity contribution in [1.82, 2.24) is 4.72 Å². The number of nitrogens with one attached hydrogen (secondary N) is 1. The monoisotopic (exact) mass is 262 g/mol. The maximum absolute atomic E-state index is 11.7. The summed E-state index contributed by atoms with van der Waals surface area (Å²) in [4.78, 5) is 0.210. The normalized spacial score (nSPS) is 13.7. The van der Waals surface area contributed by atoms with E-state index < -0.39 is 10.0 Å². The van der Waals surface area contributed by atoms with Crippen LogP contribution in [-0.2, 0) is 10.0 Å². The molecular formula is C10H15ClN2O2S. The first-order chi connectivity index (χ1) is 7.42. The number of hydrogen-bond donors (Lipinski definition) is 2. The van der Waals surface area contributed by atoms with Gasteiger partial charge in [0.2, 0.25) is 10.0 Å². The van der Waals surface area contributed by atoms with Gasteiger partial charge in [0.15, 0.2) is 0 Å². The number of nitrogens with two attached hydrogens (primary N) is 1. The van der Waals surface area contributed by atoms with Crippen molar-refractivity contribution in [3.63, 3.8) is 0 Å². The average molecular weight is 263 g/mol. The lowest BCUT2D eigenvalue weighted by Crippen LogP contribution is -2.29. The molecule has 16 heavy (non-hydrogen) atoms. The van der Waals surface area contributed by atoms with Crippen LogP contribution in [0.2, 0.25) is 5.02 Å². The highest BCUT2D eigenvalue weighted by molar-refractivity contribution is 7.89. The van der Waals surface area contributed by atoms with Gasteiger partial charge < -0.3 is 5.73 Å². The second-order valence-corrected chi connectivity index (χ2v) is 5.82. The van der Waals surface area contributed by atoms with Crippen LogP contribution in [0.25, 0.3) is 0 Å². The summed E-state index contributed by atoms with van der Waals surface area (Å²) in [6.45, 7) is 2.17. The molecule has 0 fully saturated rings. The predicted octanol–water partition coefficient (Wildman–Crippen LogP) is 1.36. The van der Waals surface area contributed by atoms with Gasteiger partial charge in [0.1, 0.15) is 0 Å². The molecule has 3 N–H and O–H groups in total. The maximum atomic E-state index is 11.7. The van der Waals surface area contributed by atoms with Crippen molar-refractivity contribution in [2.45, 2.75) is 24.3 Å². The van der Waals surface area contributed by atoms with Crippen LogP contribution in [0.5, 0.6) is 0 Å². The van der Waals surface area contributed by atoms with Gasteiger partial charge in [0.25, 0.3) is 0 Å². The van der Waals surface area contributed by atoms with Crippen molar-refractivity contribution >= 4 is 21.6 Å². The summed E-state index contributed by atoms with van der Waals surface area (Å²) in [6.07, 6.45) is 0.604. The van der Waals surface area contributed by atoms with Gasteiger partial charge in [0.05, 0.1) is 4.90 Å². The molecule has 1 atom stereocenters. The Kier molecular flexibility index (Phi) is 4.73. The molecule has 0 radical (unpaired) electrons. The Morgan fingerprint density at radius 1 is 1.38 bits per heavy atom. The maximum Gasteiger partial charge on any atom is 0.240 e. The Bertz CT molecular complexity index is 429. The van der Waals surface area contributed by atoms with Crippen molar-refractivity contribution in [3.8, 4) is 0 Å². The van der Waals surface area contributed by atoms with Gasteiger partial charge in [-0.05, 0) is 37.6 Å². The molecule has 90 valence electrons. The summed E-state index contributed by atoms with van der Waals surface area (Å²) >= 11 is 5.68. The Morgan fingerprint density at radius 3 is 2.44 bits per heavy atom. The van der Waals surface area contributed by atoms with Crippen molar-refractivity contribution in [1.29, 1.82) is 0 Å². The molecule has 0 amide bonds. The molecular weight excluding hydrogens is 248 g/mol. The molecule has 6 heteroatoms. The van der Waals surface area contributed by atoms with Gasteiger partial charge in [0, 0.05) is 17.6 Å². The van der Waals surface area contributed by atoms with Crippen LogP contribution in [0, 0.1) is 0 Å². The van der Waals surface area contributed by atoms with Gasteiger partial charge in [-0.25, -0.2) is 13.1 Å². The fraction of sp³-hybridized carbons (Fsp3) is 0.400. The first-order valence-corrected chi connectivity index (χ1v) is 6.79. The lowest BCUT2D eigenvalue weighted by atomic mass is 10.3. The molecule has 0 aliphatic heterocycles. The molecule has 1 aromatic carbocycles. The van der Waals surface area contributed by atoms with E-state index in [-0.39, 0.29) is 10.9 Å². The van der Waals surface area contributed by atoms with Gasteiger partial charge in [-0.15, -0.1) is 0 Å². The minimum absolute atomic E-state index is 0.0204. The largest absolute Gasteiger partial charge is 0.328 e. The fourth-order valence-corrected chi connectivity index (χ4v) is 2.29. The van der Waals surface area contributed by atoms with E-state index in [1.165, 1.54) is 12.1 Å². The third kappa shape index (κ3) is 4.09. The average Bonchev–Trinajstić information content (AvgIpc) is 2.17. The second kappa shape index (κ2) is 5.63. The Balaban J connectivity index is 2.67. The summed E-state index contributed by atoms with van der Waals surface area (Å²) < 4.78 is 25.9. The highest BCUT2D eigenvalue weighted by atomic mass is 35.5. The molecule has 4 nitrogen and oxygen atoms in total. The molecule has 0 aromatic heterocycles. The van der Waals surface area contributed by atoms with E-state index in [0.717, 1.165) is 0 Å². The first-order valence-electron chi connectivity index (χ1n) is 4.92. The molecule has 1 rings (SSSR count). The highest BCUT2D eigenvalue weighted by Crippen LogP contribution is 2.13. The summed E-state index contributed by atoms with van der Waals surface area (Å²) in [6, 6.07) is 6.00. The quantitative estimate of drug-likeness (QED) is 0.842. The lowest BCUT2D eigenvalue weighted by Gasteiger charge is -2.08. The van der Waals surface area contributed by atoms with E-state index >= 15 is 0 Å². The summed E-state index contributed by atoms with van der Waals surface area (Å²) in [5.74, 6) is 0. The number of rotatable bonds is 5. The van der Waals surface area contributed by atoms with E-state index in [0.29, 0.717) is 18.0 Å². The first kappa shape index (κ1) is 13.4. The Hall–Kier alpha value is -0.620. The Labute approximate surface area is 101 Å². The number of sulfonamides is 1. The standard InChI is InChI=1S/C10H15ClN2O2S/c1-8(12)6-7-13-16(14,15)10-4-2-9(11)3-5-10/h2-5,8,13H,6-7,12H2,1H3. The van der Waals surface area contributed by atoms with Crippen LogP contribution >= 0.6 is 11.6 Å². The van der Waals surface area contributed by atoms with E-state index in [1.807, 2.05) is 6.92 Å². The van der Waals surface area contributed by atoms with Crippen molar-refractivity contribution in [3.05, 3.63) is 29.3 Å². The van der Waals surface area contributed by atoms with Crippen LogP contribution in [0.4, 0.5) is 0 Å². The zero-order valence-electron chi connectivity index (χ0n) is 8.98. The van der Waals surface area contributed by atoms with Gasteiger partial charge in [-0.2, -0.15) is 0 Å². The van der Waals surface area contributed by atoms with Crippen LogP contribution in [0.1, 0.15) is 13.3 Å². The van der Waals surface area contributed by atoms with Crippen molar-refractivity contribution in [2.75, 3.05) is 6.54 Å². The van der Waals surface area contributed by atoms with Crippen LogP contribution in [-0.4, -0.2) is 21.0 Å². The predicted molar refractivity (Wildman–Crippen MR) is 64.9 cm³/mol. The number of hydrogen-bond acceptors (Lipinski definition) is 3. The highest BCUT2D eigenvalue weighted by Gasteiger charge is 2.12. The van der Waals surface area contributed by atoms with E-state index in [2.05, 4.69) is 4.72 Å². The topological polar surface area (TPSA) is 72.2 Å². The fourth-order valence-electron chi connectivity index (χ4n) is 1.12. The summed E-state index contributed by atoms with van der Waals surface area (Å²) in [5.41, 5.74) is 5.53. The van der Waals surface area contributed by atoms with E-state index in [9.17, 15) is 8.42 Å². The van der Waals surface area contributed by atoms with Crippen molar-refractivity contribution in [2.24, 2.45) is 5.73 Å². The van der Waals surface area contributed by atoms with Gasteiger partial charge in [-0.3, -0.25) is 0 Å². The molecule has 1 unspecified atom stereocenters. The third-order valence-corrected chi connectivity index (χ3v) is 3.74. The molecule has 0 aliphatic rings. The van der Waals surface area contributed by atoms with E-state index in [1.54, 1.807) is 12.1 Å². The Morgan fingerprint density at radius 2 is 1.94 bits per heavy atom. The smallest absolute Gasteiger partial charge is 0.240 e. The third-order valence-electron chi connectivity index (χ3n) is 2.02. The molecule has 0 saturated heterocycles. The van der Waals surface area contributed by atoms with Gasteiger partial charge >= 0.3 is 0 Å². The van der Waals surface area contributed by atoms with Crippen LogP contribution in [0.15, 0.2) is 29.2 Å². The minimum Gasteiger partial charge on any atom is -0.328 e. The molecule has 0 aliphatic carbocycles. The van der Waals surface area contributed by atoms with Crippen LogP contribution < -0.4 is 10.5 Å². The van der Waals surface area contributed by atoms with Crippen LogP contribution in [0.3, 0.4) is 0 Å². The summed E-state index contributed by atoms with van der Waals surface area (Å²) in [7, 11) is -3.44.